The van der Waals surface area contributed by atoms with Crippen molar-refractivity contribution in [1.82, 2.24) is 19.9 Å². The van der Waals surface area contributed by atoms with E-state index in [0.29, 0.717) is 35.9 Å². The lowest BCUT2D eigenvalue weighted by Gasteiger charge is -2.32. The number of hydrogen-bond acceptors (Lipinski definition) is 8. The van der Waals surface area contributed by atoms with Crippen LogP contribution in [-0.4, -0.2) is 65.5 Å². The molecule has 8 nitrogen and oxygen atoms in total. The van der Waals surface area contributed by atoms with E-state index in [1.54, 1.807) is 6.07 Å². The highest BCUT2D eigenvalue weighted by Gasteiger charge is 2.20. The van der Waals surface area contributed by atoms with Gasteiger partial charge in [-0.1, -0.05) is 41.9 Å². The molecule has 1 aromatic heterocycles. The SMILES string of the molecule is CN1CCN(c2nc(NC3=NCC(c4ccccc4)=C3)nc(Nc3ccc(F)c(Cl)c3)n2)CC1. The Balaban J connectivity index is 1.41. The van der Waals surface area contributed by atoms with Gasteiger partial charge in [0, 0.05) is 31.9 Å². The Kier molecular flexibility index (Phi) is 6.37. The average molecular weight is 479 g/mol. The van der Waals surface area contributed by atoms with Crippen molar-refractivity contribution >= 4 is 46.5 Å². The zero-order chi connectivity index (χ0) is 23.5. The standard InChI is InChI=1S/C24H24ClFN8/c1-33-9-11-34(12-10-33)24-31-22(28-18-7-8-20(26)19(25)14-18)30-23(32-24)29-21-13-17(15-27-21)16-5-3-2-4-6-16/h2-8,13-14H,9-12,15H2,1H3,(H2,27,28,29,30,31,32). The third kappa shape index (κ3) is 5.16. The lowest BCUT2D eigenvalue weighted by Crippen LogP contribution is -2.45. The van der Waals surface area contributed by atoms with Crippen LogP contribution in [0.1, 0.15) is 5.56 Å². The number of amidine groups is 1. The maximum Gasteiger partial charge on any atom is 0.235 e. The molecule has 0 unspecified atom stereocenters. The molecule has 2 aromatic carbocycles. The lowest BCUT2D eigenvalue weighted by atomic mass is 10.1. The summed E-state index contributed by atoms with van der Waals surface area (Å²) in [4.78, 5) is 22.8. The van der Waals surface area contributed by atoms with Gasteiger partial charge in [0.05, 0.1) is 11.6 Å². The number of nitrogens with zero attached hydrogens (tertiary/aromatic N) is 6. The van der Waals surface area contributed by atoms with Gasteiger partial charge in [-0.15, -0.1) is 0 Å². The summed E-state index contributed by atoms with van der Waals surface area (Å²) < 4.78 is 13.6. The van der Waals surface area contributed by atoms with Gasteiger partial charge in [-0.2, -0.15) is 15.0 Å². The summed E-state index contributed by atoms with van der Waals surface area (Å²) in [6.45, 7) is 4.03. The van der Waals surface area contributed by atoms with Crippen LogP contribution in [0.4, 0.5) is 27.9 Å². The lowest BCUT2D eigenvalue weighted by molar-refractivity contribution is 0.311. The van der Waals surface area contributed by atoms with Crippen LogP contribution in [0.5, 0.6) is 0 Å². The molecule has 10 heteroatoms. The molecular formula is C24H24ClFN8. The highest BCUT2D eigenvalue weighted by Crippen LogP contribution is 2.24. The van der Waals surface area contributed by atoms with Gasteiger partial charge in [0.25, 0.3) is 0 Å². The Morgan fingerprint density at radius 1 is 0.912 bits per heavy atom. The van der Waals surface area contributed by atoms with Gasteiger partial charge in [-0.25, -0.2) is 4.39 Å². The van der Waals surface area contributed by atoms with Crippen molar-refractivity contribution in [3.63, 3.8) is 0 Å². The van der Waals surface area contributed by atoms with E-state index in [1.807, 2.05) is 24.3 Å². The zero-order valence-corrected chi connectivity index (χ0v) is 19.4. The molecule has 1 saturated heterocycles. The minimum Gasteiger partial charge on any atom is -0.338 e. The Labute approximate surface area is 202 Å². The number of nitrogens with one attached hydrogen (secondary N) is 2. The maximum absolute atomic E-state index is 13.6. The molecule has 2 N–H and O–H groups in total. The van der Waals surface area contributed by atoms with Gasteiger partial charge in [0.15, 0.2) is 0 Å². The quantitative estimate of drug-likeness (QED) is 0.572. The van der Waals surface area contributed by atoms with Crippen LogP contribution >= 0.6 is 11.6 Å². The zero-order valence-electron chi connectivity index (χ0n) is 18.7. The summed E-state index contributed by atoms with van der Waals surface area (Å²) in [5.74, 6) is 1.48. The molecule has 0 amide bonds. The predicted octanol–water partition coefficient (Wildman–Crippen LogP) is 4.07. The van der Waals surface area contributed by atoms with Crippen molar-refractivity contribution in [2.24, 2.45) is 4.99 Å². The van der Waals surface area contributed by atoms with Gasteiger partial charge in [-0.05, 0) is 42.5 Å². The molecule has 174 valence electrons. The van der Waals surface area contributed by atoms with Crippen LogP contribution < -0.4 is 15.5 Å². The first-order chi connectivity index (χ1) is 16.5. The molecule has 0 radical (unpaired) electrons. The van der Waals surface area contributed by atoms with Crippen molar-refractivity contribution in [2.75, 3.05) is 55.3 Å². The summed E-state index contributed by atoms with van der Waals surface area (Å²) in [7, 11) is 2.10. The van der Waals surface area contributed by atoms with Gasteiger partial charge in [-0.3, -0.25) is 4.99 Å². The topological polar surface area (TPSA) is 81.6 Å². The molecule has 0 spiro atoms. The fraction of sp³-hybridized carbons (Fsp3) is 0.250. The number of benzene rings is 2. The van der Waals surface area contributed by atoms with E-state index >= 15 is 0 Å². The summed E-state index contributed by atoms with van der Waals surface area (Å²) >= 11 is 5.94. The van der Waals surface area contributed by atoms with E-state index in [4.69, 9.17) is 11.6 Å². The number of hydrogen-bond donors (Lipinski definition) is 2. The number of likely N-dealkylation sites (N-methyl/N-ethyl adjacent to an activating group) is 1. The number of rotatable bonds is 5. The molecule has 0 atom stereocenters. The number of aromatic nitrogens is 3. The smallest absolute Gasteiger partial charge is 0.235 e. The first-order valence-electron chi connectivity index (χ1n) is 11.0. The Hall–Kier alpha value is -3.56. The van der Waals surface area contributed by atoms with E-state index in [-0.39, 0.29) is 5.02 Å². The highest BCUT2D eigenvalue weighted by atomic mass is 35.5. The van der Waals surface area contributed by atoms with Crippen molar-refractivity contribution in [2.45, 2.75) is 0 Å². The third-order valence-electron chi connectivity index (χ3n) is 5.70. The van der Waals surface area contributed by atoms with Crippen LogP contribution in [-0.2, 0) is 0 Å². The molecule has 5 rings (SSSR count). The van der Waals surface area contributed by atoms with Gasteiger partial charge in [0.1, 0.15) is 11.7 Å². The molecule has 2 aliphatic rings. The number of halogens is 2. The summed E-state index contributed by atoms with van der Waals surface area (Å²) in [5, 5.41) is 6.36. The molecule has 1 fully saturated rings. The Bertz CT molecular complexity index is 1240. The molecule has 2 aliphatic heterocycles. The number of anilines is 4. The second-order valence-electron chi connectivity index (χ2n) is 8.19. The summed E-state index contributed by atoms with van der Waals surface area (Å²) in [5.41, 5.74) is 2.83. The van der Waals surface area contributed by atoms with Gasteiger partial charge in [0.2, 0.25) is 17.8 Å². The van der Waals surface area contributed by atoms with Crippen molar-refractivity contribution in [3.05, 3.63) is 71.0 Å². The fourth-order valence-electron chi connectivity index (χ4n) is 3.77. The highest BCUT2D eigenvalue weighted by molar-refractivity contribution is 6.31. The number of piperazine rings is 1. The molecule has 0 saturated carbocycles. The Morgan fingerprint density at radius 3 is 2.38 bits per heavy atom. The third-order valence-corrected chi connectivity index (χ3v) is 5.99. The average Bonchev–Trinajstić information content (AvgIpc) is 3.31. The second kappa shape index (κ2) is 9.74. The van der Waals surface area contributed by atoms with Crippen molar-refractivity contribution < 1.29 is 4.39 Å². The van der Waals surface area contributed by atoms with Crippen LogP contribution in [0.3, 0.4) is 0 Å². The summed E-state index contributed by atoms with van der Waals surface area (Å²) in [6, 6.07) is 14.5. The molecule has 0 aliphatic carbocycles. The second-order valence-corrected chi connectivity index (χ2v) is 8.60. The fourth-order valence-corrected chi connectivity index (χ4v) is 3.95. The van der Waals surface area contributed by atoms with E-state index in [0.717, 1.165) is 37.3 Å². The van der Waals surface area contributed by atoms with E-state index in [9.17, 15) is 4.39 Å². The van der Waals surface area contributed by atoms with Crippen LogP contribution in [0.25, 0.3) is 5.57 Å². The van der Waals surface area contributed by atoms with E-state index in [1.165, 1.54) is 12.1 Å². The normalized spacial score (nSPS) is 16.3. The molecule has 34 heavy (non-hydrogen) atoms. The minimum absolute atomic E-state index is 0.0237. The minimum atomic E-state index is -0.483. The van der Waals surface area contributed by atoms with Crippen LogP contribution in [0.2, 0.25) is 5.02 Å². The van der Waals surface area contributed by atoms with E-state index < -0.39 is 5.82 Å². The van der Waals surface area contributed by atoms with Gasteiger partial charge < -0.3 is 20.4 Å². The maximum atomic E-state index is 13.6. The first kappa shape index (κ1) is 22.2. The van der Waals surface area contributed by atoms with Crippen LogP contribution in [0, 0.1) is 5.82 Å². The Morgan fingerprint density at radius 2 is 1.65 bits per heavy atom. The van der Waals surface area contributed by atoms with Crippen molar-refractivity contribution in [3.8, 4) is 0 Å². The molecule has 0 bridgehead atoms. The monoisotopic (exact) mass is 478 g/mol. The largest absolute Gasteiger partial charge is 0.338 e. The summed E-state index contributed by atoms with van der Waals surface area (Å²) in [6.07, 6.45) is 2.00. The molecule has 3 aromatic rings. The molecule has 3 heterocycles. The number of aliphatic imine (C=N–C) groups is 1. The first-order valence-corrected chi connectivity index (χ1v) is 11.4. The van der Waals surface area contributed by atoms with Crippen LogP contribution in [0.15, 0.2) is 59.6 Å². The van der Waals surface area contributed by atoms with E-state index in [2.05, 4.69) is 59.6 Å². The van der Waals surface area contributed by atoms with Crippen molar-refractivity contribution in [1.29, 1.82) is 0 Å². The molecular weight excluding hydrogens is 455 g/mol. The predicted molar refractivity (Wildman–Crippen MR) is 135 cm³/mol. The van der Waals surface area contributed by atoms with Gasteiger partial charge >= 0.3 is 0 Å².